The molecule has 2 rings (SSSR count). The molecule has 0 aromatic carbocycles. The Bertz CT molecular complexity index is 311. The molecule has 0 aliphatic heterocycles. The Balaban J connectivity index is 1.81. The van der Waals surface area contributed by atoms with Gasteiger partial charge in [-0.1, -0.05) is 12.8 Å². The van der Waals surface area contributed by atoms with Crippen LogP contribution < -0.4 is 5.32 Å². The molecule has 1 fully saturated rings. The number of nitrogens with one attached hydrogen (secondary N) is 1. The van der Waals surface area contributed by atoms with Crippen molar-refractivity contribution in [1.29, 1.82) is 0 Å². The Morgan fingerprint density at radius 1 is 1.53 bits per heavy atom. The van der Waals surface area contributed by atoms with Gasteiger partial charge in [-0.3, -0.25) is 4.68 Å². The fraction of sp³-hybridized carbons (Fsp3) is 0.727. The van der Waals surface area contributed by atoms with Crippen molar-refractivity contribution >= 4 is 0 Å². The summed E-state index contributed by atoms with van der Waals surface area (Å²) in [6.45, 7) is 0.753. The second kappa shape index (κ2) is 4.77. The number of nitrogens with zero attached hydrogens (tertiary/aromatic N) is 2. The van der Waals surface area contributed by atoms with Crippen LogP contribution in [0.1, 0.15) is 31.4 Å². The lowest BCUT2D eigenvalue weighted by molar-refractivity contribution is 0.0901. The summed E-state index contributed by atoms with van der Waals surface area (Å²) in [5.41, 5.74) is 1.04. The molecule has 1 aromatic rings. The van der Waals surface area contributed by atoms with Gasteiger partial charge in [0.2, 0.25) is 0 Å². The summed E-state index contributed by atoms with van der Waals surface area (Å²) in [5, 5.41) is 17.4. The lowest BCUT2D eigenvalue weighted by atomic mass is 9.92. The highest BCUT2D eigenvalue weighted by atomic mass is 16.3. The van der Waals surface area contributed by atoms with Crippen LogP contribution in [-0.4, -0.2) is 27.0 Å². The molecule has 0 unspecified atom stereocenters. The van der Waals surface area contributed by atoms with Crippen LogP contribution >= 0.6 is 0 Å². The van der Waals surface area contributed by atoms with Crippen LogP contribution in [0.2, 0.25) is 0 Å². The van der Waals surface area contributed by atoms with Crippen LogP contribution in [0.5, 0.6) is 0 Å². The second-order valence-corrected chi connectivity index (χ2v) is 4.32. The molecule has 0 saturated heterocycles. The van der Waals surface area contributed by atoms with Gasteiger partial charge in [0.25, 0.3) is 0 Å². The first-order valence-corrected chi connectivity index (χ1v) is 5.65. The van der Waals surface area contributed by atoms with Gasteiger partial charge < -0.3 is 10.4 Å². The molecule has 0 amide bonds. The van der Waals surface area contributed by atoms with Crippen LogP contribution in [0.3, 0.4) is 0 Å². The monoisotopic (exact) mass is 209 g/mol. The lowest BCUT2D eigenvalue weighted by Crippen LogP contribution is -2.41. The summed E-state index contributed by atoms with van der Waals surface area (Å²) >= 11 is 0. The third kappa shape index (κ3) is 2.79. The van der Waals surface area contributed by atoms with Gasteiger partial charge in [-0.15, -0.1) is 0 Å². The molecule has 1 saturated carbocycles. The minimum Gasteiger partial charge on any atom is -0.392 e. The van der Waals surface area contributed by atoms with Crippen LogP contribution in [0.25, 0.3) is 0 Å². The molecule has 0 spiro atoms. The van der Waals surface area contributed by atoms with Crippen molar-refractivity contribution < 1.29 is 5.11 Å². The summed E-state index contributed by atoms with van der Waals surface area (Å²) in [6.07, 6.45) is 6.14. The van der Waals surface area contributed by atoms with Gasteiger partial charge in [0.05, 0.1) is 11.8 Å². The summed E-state index contributed by atoms with van der Waals surface area (Å²) in [4.78, 5) is 0. The van der Waals surface area contributed by atoms with E-state index in [0.29, 0.717) is 0 Å². The van der Waals surface area contributed by atoms with E-state index in [1.165, 1.54) is 6.42 Å². The fourth-order valence-electron chi connectivity index (χ4n) is 2.14. The smallest absolute Gasteiger partial charge is 0.0762 e. The zero-order chi connectivity index (χ0) is 10.7. The first-order valence-electron chi connectivity index (χ1n) is 5.65. The Hall–Kier alpha value is -0.870. The first-order chi connectivity index (χ1) is 7.25. The maximum atomic E-state index is 9.76. The van der Waals surface area contributed by atoms with Crippen molar-refractivity contribution in [1.82, 2.24) is 15.1 Å². The maximum Gasteiger partial charge on any atom is 0.0762 e. The molecule has 15 heavy (non-hydrogen) atoms. The highest BCUT2D eigenvalue weighted by Crippen LogP contribution is 2.18. The maximum absolute atomic E-state index is 9.76. The topological polar surface area (TPSA) is 50.1 Å². The van der Waals surface area contributed by atoms with Crippen molar-refractivity contribution in [2.45, 2.75) is 44.4 Å². The molecular formula is C11H19N3O. The Kier molecular flexibility index (Phi) is 3.38. The molecule has 0 bridgehead atoms. The second-order valence-electron chi connectivity index (χ2n) is 4.32. The van der Waals surface area contributed by atoms with Crippen LogP contribution in [0.4, 0.5) is 0 Å². The van der Waals surface area contributed by atoms with Gasteiger partial charge in [0, 0.05) is 25.8 Å². The number of hydrogen-bond donors (Lipinski definition) is 2. The minimum atomic E-state index is -0.178. The molecule has 1 aliphatic rings. The Morgan fingerprint density at radius 2 is 2.33 bits per heavy atom. The first kappa shape index (κ1) is 10.6. The van der Waals surface area contributed by atoms with Gasteiger partial charge >= 0.3 is 0 Å². The van der Waals surface area contributed by atoms with Crippen molar-refractivity contribution in [2.75, 3.05) is 0 Å². The molecule has 4 heteroatoms. The Morgan fingerprint density at radius 3 is 3.00 bits per heavy atom. The standard InChI is InChI=1S/C11H19N3O/c1-14-7-6-9(13-14)8-12-10-4-2-3-5-11(10)15/h6-7,10-12,15H,2-5,8H2,1H3/t10-,11-/m0/s1. The van der Waals surface area contributed by atoms with Gasteiger partial charge in [0.1, 0.15) is 0 Å². The van der Waals surface area contributed by atoms with E-state index in [-0.39, 0.29) is 12.1 Å². The molecule has 1 aromatic heterocycles. The number of aliphatic hydroxyl groups excluding tert-OH is 1. The van der Waals surface area contributed by atoms with Gasteiger partial charge in [-0.05, 0) is 18.9 Å². The average Bonchev–Trinajstić information content (AvgIpc) is 2.63. The molecule has 84 valence electrons. The zero-order valence-corrected chi connectivity index (χ0v) is 9.19. The number of aryl methyl sites for hydroxylation is 1. The zero-order valence-electron chi connectivity index (χ0n) is 9.19. The summed E-state index contributed by atoms with van der Waals surface area (Å²) in [7, 11) is 1.92. The number of aliphatic hydroxyl groups is 1. The normalized spacial score (nSPS) is 26.8. The predicted molar refractivity (Wildman–Crippen MR) is 58.3 cm³/mol. The molecule has 0 radical (unpaired) electrons. The molecule has 2 atom stereocenters. The molecule has 1 aliphatic carbocycles. The van der Waals surface area contributed by atoms with Crippen LogP contribution in [-0.2, 0) is 13.6 Å². The van der Waals surface area contributed by atoms with Gasteiger partial charge in [0.15, 0.2) is 0 Å². The van der Waals surface area contributed by atoms with Gasteiger partial charge in [-0.25, -0.2) is 0 Å². The van der Waals surface area contributed by atoms with E-state index in [2.05, 4.69) is 10.4 Å². The third-order valence-electron chi connectivity index (χ3n) is 3.04. The number of hydrogen-bond acceptors (Lipinski definition) is 3. The average molecular weight is 209 g/mol. The Labute approximate surface area is 90.3 Å². The van der Waals surface area contributed by atoms with E-state index in [1.807, 2.05) is 19.3 Å². The van der Waals surface area contributed by atoms with Crippen LogP contribution in [0.15, 0.2) is 12.3 Å². The number of aromatic nitrogens is 2. The van der Waals surface area contributed by atoms with Crippen molar-refractivity contribution in [3.63, 3.8) is 0 Å². The summed E-state index contributed by atoms with van der Waals surface area (Å²) in [6, 6.07) is 2.25. The number of rotatable bonds is 3. The van der Waals surface area contributed by atoms with Gasteiger partial charge in [-0.2, -0.15) is 5.10 Å². The van der Waals surface area contributed by atoms with Crippen LogP contribution in [0, 0.1) is 0 Å². The van der Waals surface area contributed by atoms with Crippen molar-refractivity contribution in [2.24, 2.45) is 7.05 Å². The largest absolute Gasteiger partial charge is 0.392 e. The molecule has 2 N–H and O–H groups in total. The molecule has 1 heterocycles. The molecule has 4 nitrogen and oxygen atoms in total. The lowest BCUT2D eigenvalue weighted by Gasteiger charge is -2.28. The summed E-state index contributed by atoms with van der Waals surface area (Å²) in [5.74, 6) is 0. The van der Waals surface area contributed by atoms with E-state index < -0.39 is 0 Å². The third-order valence-corrected chi connectivity index (χ3v) is 3.04. The van der Waals surface area contributed by atoms with E-state index in [9.17, 15) is 5.11 Å². The van der Waals surface area contributed by atoms with E-state index in [1.54, 1.807) is 4.68 Å². The predicted octanol–water partition coefficient (Wildman–Crippen LogP) is 0.813. The summed E-state index contributed by atoms with van der Waals surface area (Å²) < 4.78 is 1.80. The van der Waals surface area contributed by atoms with Crippen molar-refractivity contribution in [3.05, 3.63) is 18.0 Å². The highest BCUT2D eigenvalue weighted by Gasteiger charge is 2.22. The fourth-order valence-corrected chi connectivity index (χ4v) is 2.14. The SMILES string of the molecule is Cn1ccc(CN[C@H]2CCCC[C@@H]2O)n1. The van der Waals surface area contributed by atoms with E-state index in [4.69, 9.17) is 0 Å². The highest BCUT2D eigenvalue weighted by molar-refractivity contribution is 4.98. The minimum absolute atomic E-state index is 0.178. The molecular weight excluding hydrogens is 190 g/mol. The van der Waals surface area contributed by atoms with E-state index >= 15 is 0 Å². The van der Waals surface area contributed by atoms with E-state index in [0.717, 1.165) is 31.5 Å². The quantitative estimate of drug-likeness (QED) is 0.774. The van der Waals surface area contributed by atoms with Crippen molar-refractivity contribution in [3.8, 4) is 0 Å².